The Balaban J connectivity index is 1.40. The molecule has 30 heavy (non-hydrogen) atoms. The Labute approximate surface area is 179 Å². The van der Waals surface area contributed by atoms with E-state index in [0.29, 0.717) is 18.0 Å². The number of likely N-dealkylation sites (N-methyl/N-ethyl adjacent to an activating group) is 1. The van der Waals surface area contributed by atoms with Gasteiger partial charge in [-0.2, -0.15) is 0 Å². The Morgan fingerprint density at radius 1 is 1.20 bits per heavy atom. The molecule has 0 amide bonds. The molecule has 5 nitrogen and oxygen atoms in total. The molecule has 2 fully saturated rings. The van der Waals surface area contributed by atoms with Gasteiger partial charge in [-0.05, 0) is 76.6 Å². The fourth-order valence-corrected chi connectivity index (χ4v) is 6.10. The van der Waals surface area contributed by atoms with E-state index < -0.39 is 0 Å². The second-order valence-corrected chi connectivity index (χ2v) is 10.0. The number of likely N-dealkylation sites (tertiary alicyclic amines) is 1. The van der Waals surface area contributed by atoms with Crippen LogP contribution in [0.3, 0.4) is 0 Å². The highest BCUT2D eigenvalue weighted by atomic mass is 16.5. The maximum Gasteiger partial charge on any atom is 0.310 e. The van der Waals surface area contributed by atoms with E-state index in [9.17, 15) is 9.90 Å². The fraction of sp³-hybridized carbons (Fsp3) is 0.640. The number of ether oxygens (including phenoxy) is 1. The number of piperidine rings is 1. The topological polar surface area (TPSA) is 54.7 Å². The molecule has 3 aliphatic rings. The first-order valence-electron chi connectivity index (χ1n) is 11.6. The van der Waals surface area contributed by atoms with E-state index in [0.717, 1.165) is 45.1 Å². The number of benzene rings is 1. The molecule has 5 heteroatoms. The van der Waals surface area contributed by atoms with E-state index in [2.05, 4.69) is 54.8 Å². The van der Waals surface area contributed by atoms with Crippen LogP contribution in [0.5, 0.6) is 0 Å². The number of carbonyl (C=O) groups is 1. The molecule has 0 bridgehead atoms. The molecule has 1 saturated carbocycles. The number of rotatable bonds is 3. The van der Waals surface area contributed by atoms with Crippen molar-refractivity contribution >= 4 is 16.9 Å². The van der Waals surface area contributed by atoms with Crippen molar-refractivity contribution in [2.45, 2.75) is 82.6 Å². The maximum absolute atomic E-state index is 13.0. The van der Waals surface area contributed by atoms with Crippen molar-refractivity contribution in [2.75, 3.05) is 13.6 Å². The van der Waals surface area contributed by atoms with Crippen LogP contribution in [-0.4, -0.2) is 52.4 Å². The lowest BCUT2D eigenvalue weighted by atomic mass is 9.72. The molecule has 2 aromatic rings. The molecule has 1 aromatic heterocycles. The van der Waals surface area contributed by atoms with Crippen LogP contribution in [0.15, 0.2) is 24.4 Å². The van der Waals surface area contributed by atoms with Crippen LogP contribution in [0.2, 0.25) is 0 Å². The molecule has 162 valence electrons. The summed E-state index contributed by atoms with van der Waals surface area (Å²) in [5, 5.41) is 11.1. The first-order chi connectivity index (χ1) is 14.4. The SMILES string of the molecule is CC(C)n1cc2c3c(cccc31)[C@H]1C[C@@H](C(=O)OC3CCC(O)CC3)CN(C)[C@@H]1C2. The third kappa shape index (κ3) is 3.36. The molecule has 3 atom stereocenters. The minimum absolute atomic E-state index is 0.0228. The van der Waals surface area contributed by atoms with Crippen LogP contribution in [-0.2, 0) is 16.0 Å². The van der Waals surface area contributed by atoms with E-state index in [1.165, 1.54) is 22.0 Å². The van der Waals surface area contributed by atoms with Crippen LogP contribution in [0.1, 0.15) is 69.0 Å². The molecule has 0 spiro atoms. The van der Waals surface area contributed by atoms with Gasteiger partial charge in [0, 0.05) is 41.6 Å². The highest BCUT2D eigenvalue weighted by molar-refractivity contribution is 5.89. The number of aliphatic hydroxyl groups is 1. The van der Waals surface area contributed by atoms with E-state index in [1.807, 2.05) is 0 Å². The van der Waals surface area contributed by atoms with Gasteiger partial charge in [0.15, 0.2) is 0 Å². The average molecular weight is 411 g/mol. The second kappa shape index (κ2) is 7.69. The summed E-state index contributed by atoms with van der Waals surface area (Å²) in [7, 11) is 2.17. The van der Waals surface area contributed by atoms with Crippen molar-refractivity contribution in [1.82, 2.24) is 9.47 Å². The van der Waals surface area contributed by atoms with Gasteiger partial charge in [0.2, 0.25) is 0 Å². The first-order valence-corrected chi connectivity index (χ1v) is 11.6. The van der Waals surface area contributed by atoms with Gasteiger partial charge in [-0.15, -0.1) is 0 Å². The molecular formula is C25H34N2O3. The van der Waals surface area contributed by atoms with Gasteiger partial charge in [0.05, 0.1) is 12.0 Å². The number of aromatic nitrogens is 1. The predicted molar refractivity (Wildman–Crippen MR) is 118 cm³/mol. The standard InChI is InChI=1S/C25H34N2O3/c1-15(2)27-14-16-12-23-21(20-5-4-6-22(27)24(16)20)11-17(13-26(23)3)25(29)30-19-9-7-18(28)8-10-19/h4-6,14-15,17-19,21,23,28H,7-13H2,1-3H3/t17-,18?,19?,21-,23-/m1/s1. The van der Waals surface area contributed by atoms with Crippen LogP contribution in [0.4, 0.5) is 0 Å². The summed E-state index contributed by atoms with van der Waals surface area (Å²) in [6.45, 7) is 5.25. The molecule has 1 saturated heterocycles. The molecule has 1 aliphatic heterocycles. The van der Waals surface area contributed by atoms with Gasteiger partial charge in [0.25, 0.3) is 0 Å². The Morgan fingerprint density at radius 3 is 2.70 bits per heavy atom. The summed E-state index contributed by atoms with van der Waals surface area (Å²) in [5.41, 5.74) is 4.18. The molecule has 2 heterocycles. The second-order valence-electron chi connectivity index (χ2n) is 10.0. The maximum atomic E-state index is 13.0. The van der Waals surface area contributed by atoms with Crippen molar-refractivity contribution in [3.8, 4) is 0 Å². The number of aliphatic hydroxyl groups excluding tert-OH is 1. The normalized spacial score (nSPS) is 31.7. The lowest BCUT2D eigenvalue weighted by Gasteiger charge is -2.45. The van der Waals surface area contributed by atoms with Crippen molar-refractivity contribution in [2.24, 2.45) is 5.92 Å². The zero-order valence-electron chi connectivity index (χ0n) is 18.4. The minimum atomic E-state index is -0.225. The first kappa shape index (κ1) is 20.1. The van der Waals surface area contributed by atoms with Gasteiger partial charge in [-0.1, -0.05) is 12.1 Å². The predicted octanol–water partition coefficient (Wildman–Crippen LogP) is 4.03. The average Bonchev–Trinajstić information content (AvgIpc) is 3.10. The summed E-state index contributed by atoms with van der Waals surface area (Å²) in [4.78, 5) is 15.4. The zero-order valence-corrected chi connectivity index (χ0v) is 18.4. The number of hydrogen-bond donors (Lipinski definition) is 1. The third-order valence-electron chi connectivity index (χ3n) is 7.69. The quantitative estimate of drug-likeness (QED) is 0.777. The van der Waals surface area contributed by atoms with Gasteiger partial charge in [0.1, 0.15) is 6.10 Å². The lowest BCUT2D eigenvalue weighted by molar-refractivity contribution is -0.159. The fourth-order valence-electron chi connectivity index (χ4n) is 6.10. The largest absolute Gasteiger partial charge is 0.462 e. The van der Waals surface area contributed by atoms with Crippen molar-refractivity contribution < 1.29 is 14.6 Å². The van der Waals surface area contributed by atoms with Gasteiger partial charge in [-0.3, -0.25) is 4.79 Å². The number of carbonyl (C=O) groups excluding carboxylic acids is 1. The van der Waals surface area contributed by atoms with Gasteiger partial charge >= 0.3 is 5.97 Å². The van der Waals surface area contributed by atoms with Gasteiger partial charge in [-0.25, -0.2) is 0 Å². The zero-order chi connectivity index (χ0) is 21.0. The number of fused-ring (bicyclic) bond motifs is 2. The summed E-state index contributed by atoms with van der Waals surface area (Å²) in [6, 6.07) is 7.57. The Kier molecular flexibility index (Phi) is 5.14. The number of nitrogens with zero attached hydrogens (tertiary/aromatic N) is 2. The highest BCUT2D eigenvalue weighted by Crippen LogP contribution is 2.45. The summed E-state index contributed by atoms with van der Waals surface area (Å²) < 4.78 is 8.30. The van der Waals surface area contributed by atoms with E-state index in [1.54, 1.807) is 0 Å². The van der Waals surface area contributed by atoms with Crippen LogP contribution < -0.4 is 0 Å². The summed E-state index contributed by atoms with van der Waals surface area (Å²) >= 11 is 0. The number of hydrogen-bond acceptors (Lipinski definition) is 4. The Hall–Kier alpha value is -1.85. The number of esters is 1. The van der Waals surface area contributed by atoms with Crippen LogP contribution in [0.25, 0.3) is 10.9 Å². The van der Waals surface area contributed by atoms with Crippen molar-refractivity contribution in [1.29, 1.82) is 0 Å². The van der Waals surface area contributed by atoms with E-state index in [-0.39, 0.29) is 24.1 Å². The van der Waals surface area contributed by atoms with Gasteiger partial charge < -0.3 is 19.3 Å². The molecular weight excluding hydrogens is 376 g/mol. The monoisotopic (exact) mass is 410 g/mol. The molecule has 2 aliphatic carbocycles. The molecule has 1 aromatic carbocycles. The Bertz CT molecular complexity index is 941. The highest BCUT2D eigenvalue weighted by Gasteiger charge is 2.42. The smallest absolute Gasteiger partial charge is 0.310 e. The summed E-state index contributed by atoms with van der Waals surface area (Å²) in [5.74, 6) is 0.250. The summed E-state index contributed by atoms with van der Waals surface area (Å²) in [6.07, 6.45) is 7.07. The molecule has 1 N–H and O–H groups in total. The van der Waals surface area contributed by atoms with Crippen LogP contribution in [0, 0.1) is 5.92 Å². The Morgan fingerprint density at radius 2 is 1.97 bits per heavy atom. The van der Waals surface area contributed by atoms with E-state index >= 15 is 0 Å². The third-order valence-corrected chi connectivity index (χ3v) is 7.69. The molecule has 5 rings (SSSR count). The lowest BCUT2D eigenvalue weighted by Crippen LogP contribution is -2.50. The minimum Gasteiger partial charge on any atom is -0.462 e. The van der Waals surface area contributed by atoms with Crippen LogP contribution >= 0.6 is 0 Å². The molecule has 0 unspecified atom stereocenters. The van der Waals surface area contributed by atoms with Crippen molar-refractivity contribution in [3.63, 3.8) is 0 Å². The van der Waals surface area contributed by atoms with Crippen molar-refractivity contribution in [3.05, 3.63) is 35.5 Å². The van der Waals surface area contributed by atoms with E-state index in [4.69, 9.17) is 4.74 Å². The molecule has 0 radical (unpaired) electrons.